The smallest absolute Gasteiger partial charge is 0.201 e. The van der Waals surface area contributed by atoms with Gasteiger partial charge in [-0.05, 0) is 48.9 Å². The fraction of sp³-hybridized carbons (Fsp3) is 0.417. The molecule has 3 rings (SSSR count). The lowest BCUT2D eigenvalue weighted by molar-refractivity contribution is 0.0326. The molecule has 1 aliphatic rings. The van der Waals surface area contributed by atoms with Gasteiger partial charge in [0, 0.05) is 11.5 Å². The molecule has 0 N–H and O–H groups in total. The summed E-state index contributed by atoms with van der Waals surface area (Å²) in [4.78, 5) is 0. The van der Waals surface area contributed by atoms with Crippen LogP contribution in [0.3, 0.4) is 0 Å². The van der Waals surface area contributed by atoms with Crippen LogP contribution in [0.5, 0.6) is 5.75 Å². The third-order valence-electron chi connectivity index (χ3n) is 5.10. The van der Waals surface area contributed by atoms with Crippen molar-refractivity contribution < 1.29 is 18.3 Å². The van der Waals surface area contributed by atoms with Crippen LogP contribution in [-0.4, -0.2) is 19.3 Å². The molecule has 2 unspecified atom stereocenters. The Morgan fingerprint density at radius 3 is 2.46 bits per heavy atom. The van der Waals surface area contributed by atoms with Crippen LogP contribution in [0.4, 0.5) is 8.78 Å². The van der Waals surface area contributed by atoms with E-state index in [0.717, 1.165) is 25.7 Å². The Morgan fingerprint density at radius 2 is 1.82 bits per heavy atom. The highest BCUT2D eigenvalue weighted by molar-refractivity contribution is 5.65. The number of rotatable bonds is 7. The molecule has 2 aromatic carbocycles. The second-order valence-corrected chi connectivity index (χ2v) is 7.19. The monoisotopic (exact) mass is 386 g/mol. The van der Waals surface area contributed by atoms with Crippen molar-refractivity contribution in [3.05, 3.63) is 65.7 Å². The topological polar surface area (TPSA) is 18.5 Å². The molecule has 2 nitrogen and oxygen atoms in total. The van der Waals surface area contributed by atoms with Crippen LogP contribution in [0.15, 0.2) is 48.6 Å². The highest BCUT2D eigenvalue weighted by Crippen LogP contribution is 2.33. The quantitative estimate of drug-likeness (QED) is 0.496. The number of hydrogen-bond donors (Lipinski definition) is 0. The van der Waals surface area contributed by atoms with Gasteiger partial charge in [-0.3, -0.25) is 0 Å². The summed E-state index contributed by atoms with van der Waals surface area (Å²) in [6.45, 7) is 5.08. The maximum Gasteiger partial charge on any atom is 0.201 e. The van der Waals surface area contributed by atoms with Crippen molar-refractivity contribution >= 4 is 0 Å². The van der Waals surface area contributed by atoms with Crippen molar-refractivity contribution in [3.8, 4) is 16.9 Å². The van der Waals surface area contributed by atoms with E-state index in [1.165, 1.54) is 11.6 Å². The summed E-state index contributed by atoms with van der Waals surface area (Å²) in [6.07, 6.45) is 8.32. The van der Waals surface area contributed by atoms with Gasteiger partial charge < -0.3 is 9.47 Å². The van der Waals surface area contributed by atoms with E-state index in [4.69, 9.17) is 9.47 Å². The number of halogens is 2. The zero-order valence-electron chi connectivity index (χ0n) is 16.6. The molecule has 1 fully saturated rings. The number of benzene rings is 2. The van der Waals surface area contributed by atoms with Crippen molar-refractivity contribution in [2.24, 2.45) is 0 Å². The second kappa shape index (κ2) is 9.83. The summed E-state index contributed by atoms with van der Waals surface area (Å²) in [5.41, 5.74) is 2.07. The second-order valence-electron chi connectivity index (χ2n) is 7.19. The zero-order valence-corrected chi connectivity index (χ0v) is 16.6. The number of ether oxygens (including phenoxy) is 2. The first-order valence-corrected chi connectivity index (χ1v) is 10.1. The number of hydrogen-bond acceptors (Lipinski definition) is 2. The van der Waals surface area contributed by atoms with E-state index in [2.05, 4.69) is 19.1 Å². The largest absolute Gasteiger partial charge is 0.490 e. The van der Waals surface area contributed by atoms with Crippen molar-refractivity contribution in [1.29, 1.82) is 0 Å². The average Bonchev–Trinajstić information content (AvgIpc) is 2.74. The van der Waals surface area contributed by atoms with E-state index in [-0.39, 0.29) is 17.4 Å². The molecule has 0 radical (unpaired) electrons. The number of allylic oxidation sites excluding steroid dienone is 1. The molecule has 2 atom stereocenters. The van der Waals surface area contributed by atoms with Gasteiger partial charge in [0.15, 0.2) is 11.6 Å². The van der Waals surface area contributed by atoms with Crippen molar-refractivity contribution in [3.63, 3.8) is 0 Å². The van der Waals surface area contributed by atoms with Crippen LogP contribution in [-0.2, 0) is 4.74 Å². The fourth-order valence-electron chi connectivity index (χ4n) is 3.49. The standard InChI is InChI=1S/C24H28F2O2/c1-3-5-6-20-12-11-19(16-28-20)17-7-9-18(10-8-17)21-13-14-22(27-15-4-2)24(26)23(21)25/h5-10,13-14,19-20H,3-4,11-12,15-16H2,1-2H3. The molecular weight excluding hydrogens is 358 g/mol. The van der Waals surface area contributed by atoms with Gasteiger partial charge in [-0.25, -0.2) is 4.39 Å². The minimum Gasteiger partial charge on any atom is -0.490 e. The first-order valence-electron chi connectivity index (χ1n) is 10.1. The molecule has 150 valence electrons. The van der Waals surface area contributed by atoms with E-state index in [9.17, 15) is 8.78 Å². The van der Waals surface area contributed by atoms with Gasteiger partial charge in [0.2, 0.25) is 5.82 Å². The van der Waals surface area contributed by atoms with Gasteiger partial charge >= 0.3 is 0 Å². The van der Waals surface area contributed by atoms with Crippen LogP contribution in [0, 0.1) is 11.6 Å². The summed E-state index contributed by atoms with van der Waals surface area (Å²) in [6, 6.07) is 10.8. The van der Waals surface area contributed by atoms with Gasteiger partial charge in [-0.1, -0.05) is 50.3 Å². The van der Waals surface area contributed by atoms with Gasteiger partial charge in [0.25, 0.3) is 0 Å². The van der Waals surface area contributed by atoms with Crippen LogP contribution < -0.4 is 4.74 Å². The third kappa shape index (κ3) is 4.79. The molecule has 1 aliphatic heterocycles. The maximum absolute atomic E-state index is 14.5. The molecule has 0 aromatic heterocycles. The van der Waals surface area contributed by atoms with E-state index in [1.807, 2.05) is 31.2 Å². The molecule has 0 saturated carbocycles. The lowest BCUT2D eigenvalue weighted by Crippen LogP contribution is -2.23. The predicted molar refractivity (Wildman–Crippen MR) is 109 cm³/mol. The molecule has 0 spiro atoms. The van der Waals surface area contributed by atoms with Crippen molar-refractivity contribution in [2.75, 3.05) is 13.2 Å². The molecule has 1 saturated heterocycles. The molecule has 28 heavy (non-hydrogen) atoms. The van der Waals surface area contributed by atoms with Gasteiger partial charge in [0.1, 0.15) is 0 Å². The Hall–Kier alpha value is -2.20. The SMILES string of the molecule is CCC=CC1CCC(c2ccc(-c3ccc(OCCC)c(F)c3F)cc2)CO1. The Kier molecular flexibility index (Phi) is 7.21. The van der Waals surface area contributed by atoms with Crippen LogP contribution in [0.25, 0.3) is 11.1 Å². The zero-order chi connectivity index (χ0) is 19.9. The van der Waals surface area contributed by atoms with E-state index in [1.54, 1.807) is 6.07 Å². The minimum atomic E-state index is -0.929. The Balaban J connectivity index is 1.70. The summed E-state index contributed by atoms with van der Waals surface area (Å²) < 4.78 is 39.9. The van der Waals surface area contributed by atoms with Crippen molar-refractivity contribution in [1.82, 2.24) is 0 Å². The van der Waals surface area contributed by atoms with Crippen LogP contribution in [0.1, 0.15) is 51.0 Å². The predicted octanol–water partition coefficient (Wildman–Crippen LogP) is 6.65. The van der Waals surface area contributed by atoms with Gasteiger partial charge in [-0.15, -0.1) is 0 Å². The minimum absolute atomic E-state index is 0.0363. The van der Waals surface area contributed by atoms with Crippen molar-refractivity contribution in [2.45, 2.75) is 51.6 Å². The van der Waals surface area contributed by atoms with Gasteiger partial charge in [-0.2, -0.15) is 4.39 Å². The van der Waals surface area contributed by atoms with Crippen LogP contribution in [0.2, 0.25) is 0 Å². The Bertz CT molecular complexity index is 791. The maximum atomic E-state index is 14.5. The normalized spacial score (nSPS) is 19.9. The van der Waals surface area contributed by atoms with E-state index >= 15 is 0 Å². The highest BCUT2D eigenvalue weighted by Gasteiger charge is 2.22. The summed E-state index contributed by atoms with van der Waals surface area (Å²) >= 11 is 0. The van der Waals surface area contributed by atoms with E-state index < -0.39 is 11.6 Å². The molecule has 0 amide bonds. The third-order valence-corrected chi connectivity index (χ3v) is 5.10. The average molecular weight is 386 g/mol. The highest BCUT2D eigenvalue weighted by atomic mass is 19.2. The first-order chi connectivity index (χ1) is 13.6. The lowest BCUT2D eigenvalue weighted by atomic mass is 9.90. The summed E-state index contributed by atoms with van der Waals surface area (Å²) in [5, 5.41) is 0. The molecular formula is C24H28F2O2. The fourth-order valence-corrected chi connectivity index (χ4v) is 3.49. The van der Waals surface area contributed by atoms with E-state index in [0.29, 0.717) is 24.7 Å². The summed E-state index contributed by atoms with van der Waals surface area (Å²) in [5.74, 6) is -1.49. The molecule has 1 heterocycles. The van der Waals surface area contributed by atoms with Crippen LogP contribution >= 0.6 is 0 Å². The molecule has 0 aliphatic carbocycles. The lowest BCUT2D eigenvalue weighted by Gasteiger charge is -2.27. The molecule has 0 bridgehead atoms. The summed E-state index contributed by atoms with van der Waals surface area (Å²) in [7, 11) is 0. The Labute approximate surface area is 166 Å². The molecule has 2 aromatic rings. The Morgan fingerprint density at radius 1 is 1.04 bits per heavy atom. The first kappa shape index (κ1) is 20.5. The van der Waals surface area contributed by atoms with Gasteiger partial charge in [0.05, 0.1) is 19.3 Å². The molecule has 4 heteroatoms.